The van der Waals surface area contributed by atoms with Crippen LogP contribution in [-0.2, 0) is 11.2 Å². The predicted octanol–water partition coefficient (Wildman–Crippen LogP) is 3.97. The van der Waals surface area contributed by atoms with E-state index in [2.05, 4.69) is 5.32 Å². The molecule has 2 rings (SSSR count). The van der Waals surface area contributed by atoms with Gasteiger partial charge in [0.1, 0.15) is 5.75 Å². The Morgan fingerprint density at radius 1 is 1.05 bits per heavy atom. The van der Waals surface area contributed by atoms with Crippen molar-refractivity contribution < 1.29 is 9.53 Å². The van der Waals surface area contributed by atoms with Crippen LogP contribution >= 0.6 is 0 Å². The van der Waals surface area contributed by atoms with Crippen LogP contribution < -0.4 is 10.1 Å². The average Bonchev–Trinajstić information content (AvgIpc) is 2.50. The van der Waals surface area contributed by atoms with Crippen LogP contribution in [0, 0.1) is 6.92 Å². The normalized spacial score (nSPS) is 10.2. The lowest BCUT2D eigenvalue weighted by Gasteiger charge is -2.06. The molecular formula is C18H21NO2. The lowest BCUT2D eigenvalue weighted by atomic mass is 10.1. The van der Waals surface area contributed by atoms with Crippen LogP contribution in [-0.4, -0.2) is 13.0 Å². The standard InChI is InChI=1S/C18H21NO2/c1-14-6-10-16(11-7-14)19-18(20)5-3-4-15-8-12-17(21-2)13-9-15/h6-13H,3-5H2,1-2H3,(H,19,20). The number of methoxy groups -OCH3 is 1. The summed E-state index contributed by atoms with van der Waals surface area (Å²) in [7, 11) is 1.66. The molecule has 0 aliphatic rings. The number of carbonyl (C=O) groups is 1. The van der Waals surface area contributed by atoms with Crippen LogP contribution in [0.25, 0.3) is 0 Å². The van der Waals surface area contributed by atoms with Crippen molar-refractivity contribution in [2.24, 2.45) is 0 Å². The van der Waals surface area contributed by atoms with Crippen LogP contribution in [0.5, 0.6) is 5.75 Å². The number of hydrogen-bond acceptors (Lipinski definition) is 2. The van der Waals surface area contributed by atoms with Gasteiger partial charge in [0.05, 0.1) is 7.11 Å². The smallest absolute Gasteiger partial charge is 0.224 e. The highest BCUT2D eigenvalue weighted by Crippen LogP contribution is 2.14. The molecule has 3 nitrogen and oxygen atoms in total. The molecule has 3 heteroatoms. The van der Waals surface area contributed by atoms with E-state index in [1.165, 1.54) is 11.1 Å². The fraction of sp³-hybridized carbons (Fsp3) is 0.278. The van der Waals surface area contributed by atoms with E-state index in [0.717, 1.165) is 24.3 Å². The van der Waals surface area contributed by atoms with Crippen molar-refractivity contribution in [1.29, 1.82) is 0 Å². The highest BCUT2D eigenvalue weighted by molar-refractivity contribution is 5.90. The highest BCUT2D eigenvalue weighted by atomic mass is 16.5. The van der Waals surface area contributed by atoms with Crippen molar-refractivity contribution in [2.75, 3.05) is 12.4 Å². The number of benzene rings is 2. The SMILES string of the molecule is COc1ccc(CCCC(=O)Nc2ccc(C)cc2)cc1. The largest absolute Gasteiger partial charge is 0.497 e. The molecule has 0 radical (unpaired) electrons. The molecule has 0 bridgehead atoms. The molecule has 0 unspecified atom stereocenters. The van der Waals surface area contributed by atoms with E-state index >= 15 is 0 Å². The molecule has 1 N–H and O–H groups in total. The maximum Gasteiger partial charge on any atom is 0.224 e. The third-order valence-corrected chi connectivity index (χ3v) is 3.36. The molecule has 1 amide bonds. The van der Waals surface area contributed by atoms with Crippen LogP contribution in [0.4, 0.5) is 5.69 Å². The molecule has 2 aromatic rings. The summed E-state index contributed by atoms with van der Waals surface area (Å²) in [5.74, 6) is 0.920. The molecule has 0 saturated carbocycles. The van der Waals surface area contributed by atoms with Gasteiger partial charge in [-0.05, 0) is 49.6 Å². The van der Waals surface area contributed by atoms with Crippen LogP contribution in [0.1, 0.15) is 24.0 Å². The van der Waals surface area contributed by atoms with Gasteiger partial charge in [-0.2, -0.15) is 0 Å². The highest BCUT2D eigenvalue weighted by Gasteiger charge is 2.03. The topological polar surface area (TPSA) is 38.3 Å². The van der Waals surface area contributed by atoms with Gasteiger partial charge < -0.3 is 10.1 Å². The van der Waals surface area contributed by atoms with E-state index in [1.807, 2.05) is 55.5 Å². The van der Waals surface area contributed by atoms with Gasteiger partial charge in [0.15, 0.2) is 0 Å². The molecule has 21 heavy (non-hydrogen) atoms. The van der Waals surface area contributed by atoms with E-state index in [4.69, 9.17) is 4.74 Å². The predicted molar refractivity (Wildman–Crippen MR) is 85.7 cm³/mol. The second kappa shape index (κ2) is 7.48. The first-order valence-corrected chi connectivity index (χ1v) is 7.17. The zero-order chi connectivity index (χ0) is 15.1. The fourth-order valence-electron chi connectivity index (χ4n) is 2.11. The minimum atomic E-state index is 0.0624. The van der Waals surface area contributed by atoms with Crippen LogP contribution in [0.15, 0.2) is 48.5 Å². The Balaban J connectivity index is 1.74. The number of rotatable bonds is 6. The summed E-state index contributed by atoms with van der Waals surface area (Å²) in [5.41, 5.74) is 3.27. The molecule has 0 atom stereocenters. The van der Waals surface area contributed by atoms with Gasteiger partial charge in [-0.3, -0.25) is 4.79 Å². The molecule has 0 aliphatic heterocycles. The number of ether oxygens (including phenoxy) is 1. The quantitative estimate of drug-likeness (QED) is 0.871. The zero-order valence-corrected chi connectivity index (χ0v) is 12.6. The Kier molecular flexibility index (Phi) is 5.38. The van der Waals surface area contributed by atoms with E-state index in [9.17, 15) is 4.79 Å². The first-order chi connectivity index (χ1) is 10.2. The molecule has 110 valence electrons. The summed E-state index contributed by atoms with van der Waals surface area (Å²) >= 11 is 0. The summed E-state index contributed by atoms with van der Waals surface area (Å²) in [4.78, 5) is 11.9. The van der Waals surface area contributed by atoms with E-state index in [0.29, 0.717) is 6.42 Å². The number of anilines is 1. The van der Waals surface area contributed by atoms with Gasteiger partial charge in [0.25, 0.3) is 0 Å². The summed E-state index contributed by atoms with van der Waals surface area (Å²) in [6.07, 6.45) is 2.26. The van der Waals surface area contributed by atoms with Gasteiger partial charge in [0, 0.05) is 12.1 Å². The summed E-state index contributed by atoms with van der Waals surface area (Å²) in [5, 5.41) is 2.91. The van der Waals surface area contributed by atoms with Crippen molar-refractivity contribution in [3.05, 3.63) is 59.7 Å². The Labute approximate surface area is 126 Å². The van der Waals surface area contributed by atoms with Crippen molar-refractivity contribution in [2.45, 2.75) is 26.2 Å². The van der Waals surface area contributed by atoms with Gasteiger partial charge in [-0.15, -0.1) is 0 Å². The van der Waals surface area contributed by atoms with Crippen molar-refractivity contribution in [3.8, 4) is 5.75 Å². The van der Waals surface area contributed by atoms with Crippen molar-refractivity contribution in [1.82, 2.24) is 0 Å². The minimum absolute atomic E-state index is 0.0624. The fourth-order valence-corrected chi connectivity index (χ4v) is 2.11. The summed E-state index contributed by atoms with van der Waals surface area (Å²) in [6.45, 7) is 2.03. The maximum atomic E-state index is 11.9. The number of amides is 1. The minimum Gasteiger partial charge on any atom is -0.497 e. The molecule has 0 spiro atoms. The third-order valence-electron chi connectivity index (χ3n) is 3.36. The van der Waals surface area contributed by atoms with Crippen molar-refractivity contribution >= 4 is 11.6 Å². The Morgan fingerprint density at radius 3 is 2.33 bits per heavy atom. The number of hydrogen-bond donors (Lipinski definition) is 1. The van der Waals surface area contributed by atoms with Crippen LogP contribution in [0.2, 0.25) is 0 Å². The Hall–Kier alpha value is -2.29. The lowest BCUT2D eigenvalue weighted by molar-refractivity contribution is -0.116. The summed E-state index contributed by atoms with van der Waals surface area (Å²) in [6, 6.07) is 15.8. The molecule has 0 fully saturated rings. The zero-order valence-electron chi connectivity index (χ0n) is 12.6. The molecular weight excluding hydrogens is 262 g/mol. The Bertz CT molecular complexity index is 573. The second-order valence-corrected chi connectivity index (χ2v) is 5.12. The molecule has 0 saturated heterocycles. The second-order valence-electron chi connectivity index (χ2n) is 5.12. The first-order valence-electron chi connectivity index (χ1n) is 7.17. The van der Waals surface area contributed by atoms with Gasteiger partial charge >= 0.3 is 0 Å². The number of aryl methyl sites for hydroxylation is 2. The number of nitrogens with one attached hydrogen (secondary N) is 1. The number of carbonyl (C=O) groups excluding carboxylic acids is 1. The van der Waals surface area contributed by atoms with Gasteiger partial charge in [-0.25, -0.2) is 0 Å². The third kappa shape index (κ3) is 4.95. The Morgan fingerprint density at radius 2 is 1.71 bits per heavy atom. The monoisotopic (exact) mass is 283 g/mol. The van der Waals surface area contributed by atoms with Crippen molar-refractivity contribution in [3.63, 3.8) is 0 Å². The molecule has 2 aromatic carbocycles. The van der Waals surface area contributed by atoms with E-state index in [1.54, 1.807) is 7.11 Å². The molecule has 0 heterocycles. The molecule has 0 aliphatic carbocycles. The van der Waals surface area contributed by atoms with E-state index < -0.39 is 0 Å². The average molecular weight is 283 g/mol. The maximum absolute atomic E-state index is 11.9. The first kappa shape index (κ1) is 15.1. The van der Waals surface area contributed by atoms with E-state index in [-0.39, 0.29) is 5.91 Å². The van der Waals surface area contributed by atoms with Crippen LogP contribution in [0.3, 0.4) is 0 Å². The van der Waals surface area contributed by atoms with Gasteiger partial charge in [-0.1, -0.05) is 29.8 Å². The summed E-state index contributed by atoms with van der Waals surface area (Å²) < 4.78 is 5.12. The molecule has 0 aromatic heterocycles. The lowest BCUT2D eigenvalue weighted by Crippen LogP contribution is -2.11. The van der Waals surface area contributed by atoms with Gasteiger partial charge in [0.2, 0.25) is 5.91 Å².